The average Bonchev–Trinajstić information content (AvgIpc) is 2.92. The van der Waals surface area contributed by atoms with E-state index < -0.39 is 11.7 Å². The van der Waals surface area contributed by atoms with Gasteiger partial charge in [0, 0.05) is 9.26 Å². The number of nitrogens with zero attached hydrogens (tertiary/aromatic N) is 2. The van der Waals surface area contributed by atoms with E-state index >= 15 is 0 Å². The Morgan fingerprint density at radius 2 is 1.73 bits per heavy atom. The number of nitrogens with one attached hydrogen (secondary N) is 1. The van der Waals surface area contributed by atoms with Crippen molar-refractivity contribution in [3.8, 4) is 5.69 Å². The molecule has 0 bridgehead atoms. The topological polar surface area (TPSA) is 64.0 Å². The van der Waals surface area contributed by atoms with Gasteiger partial charge in [-0.05, 0) is 73.2 Å². The van der Waals surface area contributed by atoms with Crippen molar-refractivity contribution in [3.63, 3.8) is 0 Å². The summed E-state index contributed by atoms with van der Waals surface area (Å²) in [4.78, 5) is 25.2. The molecular formula is C20H18IN3O2. The van der Waals surface area contributed by atoms with Crippen molar-refractivity contribution in [1.29, 1.82) is 0 Å². The summed E-state index contributed by atoms with van der Waals surface area (Å²) in [6, 6.07) is 15.1. The number of benzene rings is 2. The average molecular weight is 459 g/mol. The Kier molecular flexibility index (Phi) is 5.22. The molecule has 1 amide bonds. The highest BCUT2D eigenvalue weighted by atomic mass is 127. The van der Waals surface area contributed by atoms with Crippen LogP contribution >= 0.6 is 22.6 Å². The smallest absolute Gasteiger partial charge is 0.296 e. The number of ketones is 1. The van der Waals surface area contributed by atoms with E-state index in [0.29, 0.717) is 22.6 Å². The van der Waals surface area contributed by atoms with Crippen LogP contribution < -0.4 is 5.32 Å². The fraction of sp³-hybridized carbons (Fsp3) is 0.150. The summed E-state index contributed by atoms with van der Waals surface area (Å²) in [7, 11) is 0. The number of Topliss-reactive ketones (excluding diaryl/α,β-unsaturated/α-hetero) is 1. The third-order valence-corrected chi connectivity index (χ3v) is 5.32. The first-order valence-electron chi connectivity index (χ1n) is 8.12. The van der Waals surface area contributed by atoms with Gasteiger partial charge < -0.3 is 5.32 Å². The van der Waals surface area contributed by atoms with Crippen LogP contribution in [0.25, 0.3) is 5.69 Å². The first-order valence-corrected chi connectivity index (χ1v) is 9.20. The van der Waals surface area contributed by atoms with Gasteiger partial charge in [-0.1, -0.05) is 24.3 Å². The molecule has 3 rings (SSSR count). The summed E-state index contributed by atoms with van der Waals surface area (Å²) in [5.41, 5.74) is 4.08. The van der Waals surface area contributed by atoms with Gasteiger partial charge in [0.25, 0.3) is 11.7 Å². The maximum atomic E-state index is 12.7. The van der Waals surface area contributed by atoms with E-state index in [9.17, 15) is 9.59 Å². The lowest BCUT2D eigenvalue weighted by Crippen LogP contribution is -2.24. The molecule has 0 radical (unpaired) electrons. The number of carbonyl (C=O) groups excluding carboxylic acids is 2. The first kappa shape index (κ1) is 18.3. The van der Waals surface area contributed by atoms with Crippen molar-refractivity contribution in [3.05, 3.63) is 74.6 Å². The summed E-state index contributed by atoms with van der Waals surface area (Å²) >= 11 is 2.20. The third-order valence-electron chi connectivity index (χ3n) is 4.16. The minimum atomic E-state index is -0.663. The number of aromatic nitrogens is 2. The van der Waals surface area contributed by atoms with E-state index in [1.165, 1.54) is 0 Å². The molecule has 0 saturated heterocycles. The zero-order valence-corrected chi connectivity index (χ0v) is 16.9. The Hall–Kier alpha value is -2.48. The fourth-order valence-corrected chi connectivity index (χ4v) is 3.28. The number of amides is 1. The standard InChI is InChI=1S/C20H18IN3O2/c1-12-9-10-15(11-17(12)21)22-20(26)19(25)18-13(2)23-24(14(18)3)16-7-5-4-6-8-16/h4-11H,1-3H3,(H,22,26). The number of rotatable bonds is 4. The van der Waals surface area contributed by atoms with Crippen LogP contribution in [0.3, 0.4) is 0 Å². The summed E-state index contributed by atoms with van der Waals surface area (Å²) in [6.45, 7) is 5.52. The number of anilines is 1. The zero-order valence-electron chi connectivity index (χ0n) is 14.7. The van der Waals surface area contributed by atoms with Crippen LogP contribution in [-0.4, -0.2) is 21.5 Å². The number of halogens is 1. The number of hydrogen-bond donors (Lipinski definition) is 1. The van der Waals surface area contributed by atoms with Gasteiger partial charge in [-0.2, -0.15) is 5.10 Å². The molecule has 2 aromatic carbocycles. The molecule has 0 aliphatic heterocycles. The molecule has 26 heavy (non-hydrogen) atoms. The quantitative estimate of drug-likeness (QED) is 0.361. The molecule has 0 spiro atoms. The third kappa shape index (κ3) is 3.55. The maximum Gasteiger partial charge on any atom is 0.296 e. The van der Waals surface area contributed by atoms with Crippen molar-refractivity contribution in [2.75, 3.05) is 5.32 Å². The normalized spacial score (nSPS) is 10.6. The molecular weight excluding hydrogens is 441 g/mol. The maximum absolute atomic E-state index is 12.7. The lowest BCUT2D eigenvalue weighted by molar-refractivity contribution is -0.112. The predicted octanol–water partition coefficient (Wildman–Crippen LogP) is 4.22. The van der Waals surface area contributed by atoms with Gasteiger partial charge in [-0.25, -0.2) is 4.68 Å². The van der Waals surface area contributed by atoms with Crippen molar-refractivity contribution < 1.29 is 9.59 Å². The molecule has 1 N–H and O–H groups in total. The number of para-hydroxylation sites is 1. The summed E-state index contributed by atoms with van der Waals surface area (Å²) in [6.07, 6.45) is 0. The molecule has 132 valence electrons. The molecule has 3 aromatic rings. The second-order valence-electron chi connectivity index (χ2n) is 6.04. The van der Waals surface area contributed by atoms with Crippen molar-refractivity contribution in [1.82, 2.24) is 9.78 Å². The molecule has 0 fully saturated rings. The van der Waals surface area contributed by atoms with E-state index in [4.69, 9.17) is 0 Å². The molecule has 1 heterocycles. The predicted molar refractivity (Wildman–Crippen MR) is 110 cm³/mol. The molecule has 0 atom stereocenters. The summed E-state index contributed by atoms with van der Waals surface area (Å²) < 4.78 is 2.71. The highest BCUT2D eigenvalue weighted by molar-refractivity contribution is 14.1. The largest absolute Gasteiger partial charge is 0.319 e. The number of aryl methyl sites for hydroxylation is 2. The Labute approximate surface area is 165 Å². The zero-order chi connectivity index (χ0) is 18.8. The lowest BCUT2D eigenvalue weighted by Gasteiger charge is -2.07. The molecule has 0 aliphatic rings. The SMILES string of the molecule is Cc1ccc(NC(=O)C(=O)c2c(C)nn(-c3ccccc3)c2C)cc1I. The van der Waals surface area contributed by atoms with Crippen LogP contribution in [0.4, 0.5) is 5.69 Å². The van der Waals surface area contributed by atoms with Crippen LogP contribution in [0, 0.1) is 24.3 Å². The Morgan fingerprint density at radius 1 is 1.04 bits per heavy atom. The fourth-order valence-electron chi connectivity index (χ4n) is 2.76. The van der Waals surface area contributed by atoms with Crippen molar-refractivity contribution >= 4 is 40.0 Å². The van der Waals surface area contributed by atoms with E-state index in [1.807, 2.05) is 49.4 Å². The van der Waals surface area contributed by atoms with E-state index in [1.54, 1.807) is 24.6 Å². The van der Waals surface area contributed by atoms with E-state index in [-0.39, 0.29) is 0 Å². The minimum Gasteiger partial charge on any atom is -0.319 e. The van der Waals surface area contributed by atoms with E-state index in [0.717, 1.165) is 14.8 Å². The van der Waals surface area contributed by atoms with E-state index in [2.05, 4.69) is 33.0 Å². The molecule has 1 aromatic heterocycles. The lowest BCUT2D eigenvalue weighted by atomic mass is 10.1. The van der Waals surface area contributed by atoms with Gasteiger partial charge in [0.15, 0.2) is 0 Å². The molecule has 5 nitrogen and oxygen atoms in total. The number of carbonyl (C=O) groups is 2. The van der Waals surface area contributed by atoms with Gasteiger partial charge in [-0.3, -0.25) is 9.59 Å². The Morgan fingerprint density at radius 3 is 2.38 bits per heavy atom. The first-order chi connectivity index (χ1) is 12.4. The molecule has 0 unspecified atom stereocenters. The Balaban J connectivity index is 1.89. The minimum absolute atomic E-state index is 0.341. The van der Waals surface area contributed by atoms with Crippen molar-refractivity contribution in [2.24, 2.45) is 0 Å². The molecule has 6 heteroatoms. The highest BCUT2D eigenvalue weighted by Gasteiger charge is 2.25. The highest BCUT2D eigenvalue weighted by Crippen LogP contribution is 2.20. The van der Waals surface area contributed by atoms with Crippen LogP contribution in [0.15, 0.2) is 48.5 Å². The van der Waals surface area contributed by atoms with Crippen LogP contribution in [0.5, 0.6) is 0 Å². The monoisotopic (exact) mass is 459 g/mol. The van der Waals surface area contributed by atoms with Gasteiger partial charge in [0.1, 0.15) is 0 Å². The second-order valence-corrected chi connectivity index (χ2v) is 7.20. The van der Waals surface area contributed by atoms with Crippen molar-refractivity contribution in [2.45, 2.75) is 20.8 Å². The summed E-state index contributed by atoms with van der Waals surface area (Å²) in [5, 5.41) is 7.11. The van der Waals surface area contributed by atoms with Crippen LogP contribution in [-0.2, 0) is 4.79 Å². The second kappa shape index (κ2) is 7.41. The van der Waals surface area contributed by atoms with Gasteiger partial charge in [-0.15, -0.1) is 0 Å². The van der Waals surface area contributed by atoms with Gasteiger partial charge in [0.05, 0.1) is 22.6 Å². The summed E-state index contributed by atoms with van der Waals surface area (Å²) in [5.74, 6) is -1.25. The molecule has 0 aliphatic carbocycles. The Bertz CT molecular complexity index is 994. The van der Waals surface area contributed by atoms with Crippen LogP contribution in [0.1, 0.15) is 27.3 Å². The van der Waals surface area contributed by atoms with Gasteiger partial charge >= 0.3 is 0 Å². The van der Waals surface area contributed by atoms with Gasteiger partial charge in [0.2, 0.25) is 0 Å². The van der Waals surface area contributed by atoms with Crippen LogP contribution in [0.2, 0.25) is 0 Å². The molecule has 0 saturated carbocycles. The number of hydrogen-bond acceptors (Lipinski definition) is 3.